The Morgan fingerprint density at radius 3 is 2.57 bits per heavy atom. The average molecular weight is 340 g/mol. The van der Waals surface area contributed by atoms with Crippen LogP contribution in [0, 0.1) is 0 Å². The topological polar surface area (TPSA) is 50.5 Å². The molecule has 108 valence electrons. The molecular weight excluding hydrogens is 329 g/mol. The zero-order valence-electron chi connectivity index (χ0n) is 10.7. The SMILES string of the molecule is NNC1c2cc(Cl)cc(Cl)c2OC(=S)N1c1ccccc1. The molecule has 0 aromatic heterocycles. The minimum absolute atomic E-state index is 0.265. The Labute approximate surface area is 137 Å². The van der Waals surface area contributed by atoms with E-state index in [1.165, 1.54) is 0 Å². The molecule has 0 bridgehead atoms. The third-order valence-electron chi connectivity index (χ3n) is 3.17. The van der Waals surface area contributed by atoms with Crippen LogP contribution in [-0.4, -0.2) is 5.17 Å². The quantitative estimate of drug-likeness (QED) is 0.497. The van der Waals surface area contributed by atoms with Crippen molar-refractivity contribution in [1.82, 2.24) is 5.43 Å². The maximum atomic E-state index is 6.17. The predicted molar refractivity (Wildman–Crippen MR) is 88.7 cm³/mol. The number of halogens is 2. The van der Waals surface area contributed by atoms with Crippen LogP contribution in [0.15, 0.2) is 42.5 Å². The number of nitrogens with zero attached hydrogens (tertiary/aromatic N) is 1. The summed E-state index contributed by atoms with van der Waals surface area (Å²) in [6.45, 7) is 0. The Balaban J connectivity index is 2.14. The third kappa shape index (κ3) is 2.59. The number of para-hydroxylation sites is 1. The highest BCUT2D eigenvalue weighted by molar-refractivity contribution is 7.80. The van der Waals surface area contributed by atoms with Crippen molar-refractivity contribution in [2.24, 2.45) is 5.84 Å². The highest BCUT2D eigenvalue weighted by atomic mass is 35.5. The average Bonchev–Trinajstić information content (AvgIpc) is 2.48. The molecule has 1 unspecified atom stereocenters. The molecule has 0 saturated carbocycles. The van der Waals surface area contributed by atoms with E-state index < -0.39 is 6.17 Å². The predicted octanol–water partition coefficient (Wildman–Crippen LogP) is 3.64. The lowest BCUT2D eigenvalue weighted by Gasteiger charge is -2.38. The van der Waals surface area contributed by atoms with Gasteiger partial charge in [-0.05, 0) is 36.5 Å². The second kappa shape index (κ2) is 5.79. The Morgan fingerprint density at radius 1 is 1.19 bits per heavy atom. The summed E-state index contributed by atoms with van der Waals surface area (Å²) < 4.78 is 5.69. The van der Waals surface area contributed by atoms with Crippen LogP contribution in [-0.2, 0) is 0 Å². The van der Waals surface area contributed by atoms with Crippen LogP contribution in [0.3, 0.4) is 0 Å². The molecule has 0 aliphatic carbocycles. The summed E-state index contributed by atoms with van der Waals surface area (Å²) in [4.78, 5) is 1.77. The van der Waals surface area contributed by atoms with E-state index in [0.717, 1.165) is 11.3 Å². The maximum Gasteiger partial charge on any atom is 0.271 e. The molecule has 4 nitrogen and oxygen atoms in total. The first kappa shape index (κ1) is 14.6. The van der Waals surface area contributed by atoms with Gasteiger partial charge in [-0.3, -0.25) is 10.7 Å². The van der Waals surface area contributed by atoms with Gasteiger partial charge in [0.05, 0.1) is 5.02 Å². The first-order valence-corrected chi connectivity index (χ1v) is 7.29. The molecule has 1 heterocycles. The van der Waals surface area contributed by atoms with Crippen LogP contribution in [0.5, 0.6) is 5.75 Å². The summed E-state index contributed by atoms with van der Waals surface area (Å²) in [5.74, 6) is 6.19. The van der Waals surface area contributed by atoms with Gasteiger partial charge in [-0.2, -0.15) is 0 Å². The van der Waals surface area contributed by atoms with Crippen molar-refractivity contribution in [3.8, 4) is 5.75 Å². The van der Waals surface area contributed by atoms with Crippen LogP contribution < -0.4 is 20.9 Å². The molecule has 21 heavy (non-hydrogen) atoms. The molecular formula is C14H11Cl2N3OS. The van der Waals surface area contributed by atoms with E-state index in [1.807, 2.05) is 30.3 Å². The van der Waals surface area contributed by atoms with E-state index in [9.17, 15) is 0 Å². The van der Waals surface area contributed by atoms with Gasteiger partial charge in [0, 0.05) is 16.3 Å². The Morgan fingerprint density at radius 2 is 1.90 bits per heavy atom. The van der Waals surface area contributed by atoms with Gasteiger partial charge in [0.25, 0.3) is 5.17 Å². The van der Waals surface area contributed by atoms with Gasteiger partial charge < -0.3 is 4.74 Å². The summed E-state index contributed by atoms with van der Waals surface area (Å²) in [5.41, 5.74) is 4.32. The zero-order chi connectivity index (χ0) is 15.0. The van der Waals surface area contributed by atoms with Gasteiger partial charge in [0.2, 0.25) is 0 Å². The molecule has 0 saturated heterocycles. The van der Waals surface area contributed by atoms with Crippen molar-refractivity contribution in [1.29, 1.82) is 0 Å². The maximum absolute atomic E-state index is 6.17. The van der Waals surface area contributed by atoms with Crippen molar-refractivity contribution in [2.45, 2.75) is 6.17 Å². The van der Waals surface area contributed by atoms with Crippen LogP contribution in [0.1, 0.15) is 11.7 Å². The number of hydrogen-bond acceptors (Lipinski definition) is 4. The fraction of sp³-hybridized carbons (Fsp3) is 0.0714. The van der Waals surface area contributed by atoms with Crippen LogP contribution in [0.25, 0.3) is 0 Å². The lowest BCUT2D eigenvalue weighted by Crippen LogP contribution is -2.49. The number of nitrogens with one attached hydrogen (secondary N) is 1. The van der Waals surface area contributed by atoms with Crippen LogP contribution in [0.4, 0.5) is 5.69 Å². The van der Waals surface area contributed by atoms with E-state index >= 15 is 0 Å². The second-order valence-electron chi connectivity index (χ2n) is 4.45. The summed E-state index contributed by atoms with van der Waals surface area (Å²) in [6, 6.07) is 12.9. The van der Waals surface area contributed by atoms with Crippen molar-refractivity contribution >= 4 is 46.3 Å². The number of nitrogens with two attached hydrogens (primary N) is 1. The molecule has 2 aromatic carbocycles. The molecule has 7 heteroatoms. The Kier molecular flexibility index (Phi) is 4.01. The number of fused-ring (bicyclic) bond motifs is 1. The summed E-state index contributed by atoms with van der Waals surface area (Å²) in [5, 5.41) is 1.16. The van der Waals surface area contributed by atoms with E-state index in [1.54, 1.807) is 17.0 Å². The zero-order valence-corrected chi connectivity index (χ0v) is 13.0. The van der Waals surface area contributed by atoms with Gasteiger partial charge in [-0.25, -0.2) is 5.43 Å². The second-order valence-corrected chi connectivity index (χ2v) is 5.64. The van der Waals surface area contributed by atoms with Gasteiger partial charge in [0.15, 0.2) is 5.75 Å². The summed E-state index contributed by atoms with van der Waals surface area (Å²) >= 11 is 17.6. The first-order chi connectivity index (χ1) is 10.1. The van der Waals surface area contributed by atoms with Gasteiger partial charge in [0.1, 0.15) is 6.17 Å². The van der Waals surface area contributed by atoms with Crippen molar-refractivity contribution < 1.29 is 4.74 Å². The smallest absolute Gasteiger partial charge is 0.271 e. The Bertz CT molecular complexity index is 696. The van der Waals surface area contributed by atoms with Gasteiger partial charge in [-0.1, -0.05) is 41.4 Å². The van der Waals surface area contributed by atoms with Gasteiger partial charge >= 0.3 is 0 Å². The van der Waals surface area contributed by atoms with E-state index in [-0.39, 0.29) is 5.17 Å². The lowest BCUT2D eigenvalue weighted by molar-refractivity contribution is 0.449. The third-order valence-corrected chi connectivity index (χ3v) is 3.95. The standard InChI is InChI=1S/C14H11Cl2N3OS/c15-8-6-10-12(11(16)7-8)20-14(21)19(13(10)18-17)9-4-2-1-3-5-9/h1-7,13,18H,17H2. The number of anilines is 1. The molecule has 1 aliphatic rings. The highest BCUT2D eigenvalue weighted by Gasteiger charge is 2.34. The number of thiocarbonyl (C=S) groups is 1. The van der Waals surface area contributed by atoms with E-state index in [2.05, 4.69) is 5.43 Å². The summed E-state index contributed by atoms with van der Waals surface area (Å²) in [7, 11) is 0. The number of hydrogen-bond donors (Lipinski definition) is 2. The molecule has 1 atom stereocenters. The molecule has 0 spiro atoms. The molecule has 0 amide bonds. The molecule has 2 aromatic rings. The van der Waals surface area contributed by atoms with Crippen LogP contribution >= 0.6 is 35.4 Å². The number of benzene rings is 2. The first-order valence-electron chi connectivity index (χ1n) is 6.13. The molecule has 3 rings (SSSR count). The summed E-state index contributed by atoms with van der Waals surface area (Å²) in [6.07, 6.45) is -0.417. The fourth-order valence-corrected chi connectivity index (χ4v) is 3.12. The minimum atomic E-state index is -0.417. The van der Waals surface area contributed by atoms with Gasteiger partial charge in [-0.15, -0.1) is 0 Å². The van der Waals surface area contributed by atoms with Crippen molar-refractivity contribution in [2.75, 3.05) is 4.90 Å². The van der Waals surface area contributed by atoms with Crippen LogP contribution in [0.2, 0.25) is 10.0 Å². The number of rotatable bonds is 2. The monoisotopic (exact) mass is 339 g/mol. The normalized spacial score (nSPS) is 17.4. The van der Waals surface area contributed by atoms with E-state index in [4.69, 9.17) is 46.0 Å². The Hall–Kier alpha value is -1.37. The number of hydrazine groups is 1. The fourth-order valence-electron chi connectivity index (χ4n) is 2.28. The number of ether oxygens (including phenoxy) is 1. The molecule has 0 radical (unpaired) electrons. The van der Waals surface area contributed by atoms with E-state index in [0.29, 0.717) is 15.8 Å². The molecule has 0 fully saturated rings. The van der Waals surface area contributed by atoms with Crippen molar-refractivity contribution in [3.63, 3.8) is 0 Å². The minimum Gasteiger partial charge on any atom is -0.429 e. The van der Waals surface area contributed by atoms with Crippen molar-refractivity contribution in [3.05, 3.63) is 58.1 Å². The molecule has 1 aliphatic heterocycles. The molecule has 3 N–H and O–H groups in total. The highest BCUT2D eigenvalue weighted by Crippen LogP contribution is 2.42. The largest absolute Gasteiger partial charge is 0.429 e. The lowest BCUT2D eigenvalue weighted by atomic mass is 10.1.